The maximum atomic E-state index is 13.1. The molecule has 0 radical (unpaired) electrons. The third-order valence-corrected chi connectivity index (χ3v) is 4.98. The molecule has 0 fully saturated rings. The summed E-state index contributed by atoms with van der Waals surface area (Å²) >= 11 is 5.93. The molecular weight excluding hydrogens is 360 g/mol. The van der Waals surface area contributed by atoms with Gasteiger partial charge >= 0.3 is 6.03 Å². The molecule has 1 heterocycles. The fraction of sp³-hybridized carbons (Fsp3) is 0.273. The highest BCUT2D eigenvalue weighted by Crippen LogP contribution is 2.31. The molecule has 27 heavy (non-hydrogen) atoms. The van der Waals surface area contributed by atoms with E-state index < -0.39 is 6.04 Å². The van der Waals surface area contributed by atoms with Crippen molar-refractivity contribution < 1.29 is 9.59 Å². The maximum absolute atomic E-state index is 13.1. The summed E-state index contributed by atoms with van der Waals surface area (Å²) in [5, 5.41) is 6.16. The summed E-state index contributed by atoms with van der Waals surface area (Å²) in [6.07, 6.45) is 0. The summed E-state index contributed by atoms with van der Waals surface area (Å²) in [6.45, 7) is 8.19. The lowest BCUT2D eigenvalue weighted by molar-refractivity contribution is 0.102. The Morgan fingerprint density at radius 2 is 1.59 bits per heavy atom. The Morgan fingerprint density at radius 1 is 1.00 bits per heavy atom. The maximum Gasteiger partial charge on any atom is 0.319 e. The average molecular weight is 383 g/mol. The molecule has 1 aliphatic heterocycles. The number of carbonyl (C=O) groups is 2. The fourth-order valence-electron chi connectivity index (χ4n) is 3.18. The van der Waals surface area contributed by atoms with Gasteiger partial charge in [-0.3, -0.25) is 4.79 Å². The number of ketones is 1. The van der Waals surface area contributed by atoms with Crippen molar-refractivity contribution in [1.82, 2.24) is 10.6 Å². The van der Waals surface area contributed by atoms with Gasteiger partial charge < -0.3 is 10.6 Å². The standard InChI is InChI=1S/C22H23ClN2O2/c1-13-18(20(26)15-7-11-17(23)12-8-15)19(25-21(27)24-13)14-5-9-16(10-6-14)22(2,3)4/h5-12,19H,1-4H3,(H2,24,25,27). The molecule has 140 valence electrons. The second kappa shape index (κ2) is 7.20. The third-order valence-electron chi connectivity index (χ3n) is 4.73. The van der Waals surface area contributed by atoms with Crippen molar-refractivity contribution in [2.45, 2.75) is 39.2 Å². The highest BCUT2D eigenvalue weighted by atomic mass is 35.5. The number of urea groups is 1. The van der Waals surface area contributed by atoms with Crippen molar-refractivity contribution >= 4 is 23.4 Å². The van der Waals surface area contributed by atoms with E-state index in [0.717, 1.165) is 5.56 Å². The van der Waals surface area contributed by atoms with Crippen LogP contribution < -0.4 is 10.6 Å². The number of allylic oxidation sites excluding steroid dienone is 1. The summed E-state index contributed by atoms with van der Waals surface area (Å²) in [5.41, 5.74) is 3.71. The van der Waals surface area contributed by atoms with Crippen LogP contribution in [0.15, 0.2) is 59.8 Å². The zero-order valence-electron chi connectivity index (χ0n) is 15.9. The summed E-state index contributed by atoms with van der Waals surface area (Å²) in [7, 11) is 0. The van der Waals surface area contributed by atoms with Gasteiger partial charge in [0, 0.05) is 21.9 Å². The monoisotopic (exact) mass is 382 g/mol. The molecule has 0 aromatic heterocycles. The summed E-state index contributed by atoms with van der Waals surface area (Å²) in [6, 6.07) is 14.0. The molecule has 2 N–H and O–H groups in total. The van der Waals surface area contributed by atoms with Crippen LogP contribution in [0.3, 0.4) is 0 Å². The minimum Gasteiger partial charge on any atom is -0.327 e. The van der Waals surface area contributed by atoms with E-state index in [0.29, 0.717) is 21.9 Å². The van der Waals surface area contributed by atoms with Crippen molar-refractivity contribution in [3.63, 3.8) is 0 Å². The van der Waals surface area contributed by atoms with E-state index in [4.69, 9.17) is 11.6 Å². The number of amides is 2. The van der Waals surface area contributed by atoms with Gasteiger partial charge in [-0.25, -0.2) is 4.79 Å². The van der Waals surface area contributed by atoms with E-state index in [2.05, 4.69) is 31.4 Å². The molecule has 1 aliphatic rings. The van der Waals surface area contributed by atoms with Crippen molar-refractivity contribution in [1.29, 1.82) is 0 Å². The van der Waals surface area contributed by atoms with Crippen LogP contribution in [0, 0.1) is 0 Å². The molecule has 1 atom stereocenters. The zero-order chi connectivity index (χ0) is 19.8. The molecule has 0 spiro atoms. The highest BCUT2D eigenvalue weighted by molar-refractivity contribution is 6.30. The molecule has 0 saturated carbocycles. The number of Topliss-reactive ketones (excluding diaryl/α,β-unsaturated/α-hetero) is 1. The van der Waals surface area contributed by atoms with Crippen molar-refractivity contribution in [3.8, 4) is 0 Å². The van der Waals surface area contributed by atoms with Gasteiger partial charge in [0.25, 0.3) is 0 Å². The first-order chi connectivity index (χ1) is 12.7. The smallest absolute Gasteiger partial charge is 0.319 e. The third kappa shape index (κ3) is 4.06. The number of halogens is 1. The number of nitrogens with one attached hydrogen (secondary N) is 2. The van der Waals surface area contributed by atoms with E-state index in [9.17, 15) is 9.59 Å². The molecule has 2 aromatic carbocycles. The van der Waals surface area contributed by atoms with Crippen LogP contribution in [0.2, 0.25) is 5.02 Å². The van der Waals surface area contributed by atoms with Gasteiger partial charge in [0.2, 0.25) is 0 Å². The molecule has 0 saturated heterocycles. The van der Waals surface area contributed by atoms with Gasteiger partial charge in [-0.05, 0) is 47.7 Å². The SMILES string of the molecule is CC1=C(C(=O)c2ccc(Cl)cc2)C(c2ccc(C(C)(C)C)cc2)NC(=O)N1. The Balaban J connectivity index is 2.01. The lowest BCUT2D eigenvalue weighted by Crippen LogP contribution is -2.45. The van der Waals surface area contributed by atoms with E-state index >= 15 is 0 Å². The van der Waals surface area contributed by atoms with Crippen molar-refractivity contribution in [3.05, 3.63) is 81.5 Å². The predicted octanol–water partition coefficient (Wildman–Crippen LogP) is 5.15. The topological polar surface area (TPSA) is 58.2 Å². The van der Waals surface area contributed by atoms with E-state index in [-0.39, 0.29) is 17.2 Å². The van der Waals surface area contributed by atoms with Gasteiger partial charge in [0.15, 0.2) is 5.78 Å². The summed E-state index contributed by atoms with van der Waals surface area (Å²) in [5.74, 6) is -0.137. The van der Waals surface area contributed by atoms with Gasteiger partial charge in [-0.2, -0.15) is 0 Å². The molecule has 1 unspecified atom stereocenters. The number of hydrogen-bond donors (Lipinski definition) is 2. The predicted molar refractivity (Wildman–Crippen MR) is 108 cm³/mol. The Labute approximate surface area is 164 Å². The molecule has 0 bridgehead atoms. The normalized spacial score (nSPS) is 17.4. The first-order valence-electron chi connectivity index (χ1n) is 8.86. The summed E-state index contributed by atoms with van der Waals surface area (Å²) in [4.78, 5) is 25.2. The van der Waals surface area contributed by atoms with Crippen LogP contribution in [0.1, 0.15) is 55.2 Å². The Kier molecular flexibility index (Phi) is 5.11. The van der Waals surface area contributed by atoms with Crippen LogP contribution in [0.5, 0.6) is 0 Å². The first kappa shape index (κ1) is 19.2. The molecular formula is C22H23ClN2O2. The molecule has 2 amide bonds. The first-order valence-corrected chi connectivity index (χ1v) is 9.23. The summed E-state index contributed by atoms with van der Waals surface area (Å²) < 4.78 is 0. The number of hydrogen-bond acceptors (Lipinski definition) is 2. The number of benzene rings is 2. The van der Waals surface area contributed by atoms with Gasteiger partial charge in [-0.1, -0.05) is 56.6 Å². The van der Waals surface area contributed by atoms with Crippen LogP contribution >= 0.6 is 11.6 Å². The minimum atomic E-state index is -0.504. The molecule has 0 aliphatic carbocycles. The Morgan fingerprint density at radius 3 is 2.15 bits per heavy atom. The molecule has 2 aromatic rings. The lowest BCUT2D eigenvalue weighted by atomic mass is 9.84. The van der Waals surface area contributed by atoms with Crippen LogP contribution in [0.25, 0.3) is 0 Å². The lowest BCUT2D eigenvalue weighted by Gasteiger charge is -2.29. The van der Waals surface area contributed by atoms with Gasteiger partial charge in [-0.15, -0.1) is 0 Å². The van der Waals surface area contributed by atoms with Gasteiger partial charge in [0.05, 0.1) is 6.04 Å². The molecule has 5 heteroatoms. The van der Waals surface area contributed by atoms with Crippen LogP contribution in [0.4, 0.5) is 4.79 Å². The van der Waals surface area contributed by atoms with Crippen molar-refractivity contribution in [2.24, 2.45) is 0 Å². The Hall–Kier alpha value is -2.59. The number of rotatable bonds is 3. The largest absolute Gasteiger partial charge is 0.327 e. The van der Waals surface area contributed by atoms with Gasteiger partial charge in [0.1, 0.15) is 0 Å². The molecule has 4 nitrogen and oxygen atoms in total. The second-order valence-corrected chi connectivity index (χ2v) is 8.21. The average Bonchev–Trinajstić information content (AvgIpc) is 2.60. The highest BCUT2D eigenvalue weighted by Gasteiger charge is 2.31. The second-order valence-electron chi connectivity index (χ2n) is 7.78. The molecule has 3 rings (SSSR count). The quantitative estimate of drug-likeness (QED) is 0.721. The van der Waals surface area contributed by atoms with E-state index in [1.165, 1.54) is 5.56 Å². The van der Waals surface area contributed by atoms with Crippen LogP contribution in [-0.2, 0) is 5.41 Å². The Bertz CT molecular complexity index is 907. The van der Waals surface area contributed by atoms with E-state index in [1.54, 1.807) is 31.2 Å². The zero-order valence-corrected chi connectivity index (χ0v) is 16.6. The van der Waals surface area contributed by atoms with Crippen molar-refractivity contribution in [2.75, 3.05) is 0 Å². The fourth-order valence-corrected chi connectivity index (χ4v) is 3.30. The minimum absolute atomic E-state index is 0.0314. The van der Waals surface area contributed by atoms with Crippen LogP contribution in [-0.4, -0.2) is 11.8 Å². The number of carbonyl (C=O) groups excluding carboxylic acids is 2. The van der Waals surface area contributed by atoms with E-state index in [1.807, 2.05) is 24.3 Å².